The van der Waals surface area contributed by atoms with Crippen molar-refractivity contribution in [2.75, 3.05) is 5.73 Å². The van der Waals surface area contributed by atoms with Crippen LogP contribution in [0.1, 0.15) is 11.3 Å². The predicted octanol–water partition coefficient (Wildman–Crippen LogP) is 2.34. The minimum atomic E-state index is -4.61. The summed E-state index contributed by atoms with van der Waals surface area (Å²) in [5, 5.41) is 12.3. The van der Waals surface area contributed by atoms with Crippen molar-refractivity contribution in [3.05, 3.63) is 41.7 Å². The highest BCUT2D eigenvalue weighted by molar-refractivity contribution is 5.49. The van der Waals surface area contributed by atoms with Gasteiger partial charge in [-0.2, -0.15) is 23.5 Å². The fourth-order valence-electron chi connectivity index (χ4n) is 1.55. The summed E-state index contributed by atoms with van der Waals surface area (Å²) in [6.07, 6.45) is -3.68. The molecule has 4 nitrogen and oxygen atoms in total. The van der Waals surface area contributed by atoms with Gasteiger partial charge in [-0.25, -0.2) is 4.68 Å². The Morgan fingerprint density at radius 3 is 2.67 bits per heavy atom. The normalized spacial score (nSPS) is 11.2. The topological polar surface area (TPSA) is 67.6 Å². The molecule has 0 aliphatic heterocycles. The van der Waals surface area contributed by atoms with E-state index in [0.29, 0.717) is 4.68 Å². The van der Waals surface area contributed by atoms with Crippen LogP contribution in [0.5, 0.6) is 0 Å². The van der Waals surface area contributed by atoms with Crippen molar-refractivity contribution in [1.29, 1.82) is 5.26 Å². The number of aromatic nitrogens is 2. The van der Waals surface area contributed by atoms with Crippen LogP contribution in [-0.2, 0) is 6.18 Å². The molecule has 0 amide bonds. The Kier molecular flexibility index (Phi) is 2.71. The van der Waals surface area contributed by atoms with Gasteiger partial charge in [0.1, 0.15) is 0 Å². The Labute approximate surface area is 100 Å². The minimum absolute atomic E-state index is 0.137. The number of nitrogen functional groups attached to an aromatic ring is 1. The van der Waals surface area contributed by atoms with Gasteiger partial charge in [-0.15, -0.1) is 0 Å². The highest BCUT2D eigenvalue weighted by Gasteiger charge is 2.38. The largest absolute Gasteiger partial charge is 0.435 e. The molecule has 2 aromatic rings. The molecule has 0 spiro atoms. The molecule has 1 aromatic heterocycles. The molecule has 18 heavy (non-hydrogen) atoms. The second-order valence-electron chi connectivity index (χ2n) is 3.52. The molecular formula is C11H7F3N4. The quantitative estimate of drug-likeness (QED) is 0.847. The Morgan fingerprint density at radius 2 is 2.06 bits per heavy atom. The molecule has 7 heteroatoms. The molecule has 0 bridgehead atoms. The van der Waals surface area contributed by atoms with Crippen LogP contribution in [0.15, 0.2) is 30.5 Å². The van der Waals surface area contributed by atoms with Crippen LogP contribution in [-0.4, -0.2) is 9.78 Å². The third-order valence-corrected chi connectivity index (χ3v) is 2.29. The van der Waals surface area contributed by atoms with E-state index in [-0.39, 0.29) is 11.3 Å². The van der Waals surface area contributed by atoms with Crippen molar-refractivity contribution < 1.29 is 13.2 Å². The lowest BCUT2D eigenvalue weighted by atomic mass is 10.2. The fraction of sp³-hybridized carbons (Fsp3) is 0.0909. The zero-order chi connectivity index (χ0) is 13.3. The summed E-state index contributed by atoms with van der Waals surface area (Å²) in [4.78, 5) is 0. The number of rotatable bonds is 1. The second kappa shape index (κ2) is 4.07. The molecule has 0 fully saturated rings. The van der Waals surface area contributed by atoms with Crippen LogP contribution in [0.25, 0.3) is 5.69 Å². The average molecular weight is 252 g/mol. The van der Waals surface area contributed by atoms with E-state index in [1.807, 2.05) is 6.07 Å². The molecular weight excluding hydrogens is 245 g/mol. The van der Waals surface area contributed by atoms with Crippen LogP contribution in [0.4, 0.5) is 18.9 Å². The first-order valence-electron chi connectivity index (χ1n) is 4.84. The minimum Gasteiger partial charge on any atom is -0.396 e. The Bertz CT molecular complexity index is 622. The number of nitriles is 1. The lowest BCUT2D eigenvalue weighted by Crippen LogP contribution is -2.15. The Morgan fingerprint density at radius 1 is 1.33 bits per heavy atom. The molecule has 0 aliphatic carbocycles. The molecule has 2 N–H and O–H groups in total. The van der Waals surface area contributed by atoms with Crippen molar-refractivity contribution >= 4 is 5.69 Å². The van der Waals surface area contributed by atoms with Gasteiger partial charge in [0.15, 0.2) is 5.69 Å². The van der Waals surface area contributed by atoms with Crippen LogP contribution in [0.3, 0.4) is 0 Å². The number of hydrogen-bond acceptors (Lipinski definition) is 3. The number of nitrogens with zero attached hydrogens (tertiary/aromatic N) is 3. The first-order valence-corrected chi connectivity index (χ1v) is 4.84. The Balaban J connectivity index is 2.62. The molecule has 0 saturated heterocycles. The molecule has 92 valence electrons. The maximum atomic E-state index is 12.8. The number of halogens is 3. The zero-order valence-corrected chi connectivity index (χ0v) is 8.94. The van der Waals surface area contributed by atoms with Gasteiger partial charge >= 0.3 is 6.18 Å². The van der Waals surface area contributed by atoms with E-state index in [4.69, 9.17) is 11.0 Å². The van der Waals surface area contributed by atoms with Gasteiger partial charge in [0.05, 0.1) is 29.2 Å². The van der Waals surface area contributed by atoms with Gasteiger partial charge in [-0.1, -0.05) is 6.07 Å². The first-order chi connectivity index (χ1) is 8.43. The SMILES string of the molecule is N#Cc1cccc(-n2ncc(N)c2C(F)(F)F)c1. The van der Waals surface area contributed by atoms with E-state index in [0.717, 1.165) is 6.20 Å². The Hall–Kier alpha value is -2.49. The van der Waals surface area contributed by atoms with E-state index in [9.17, 15) is 13.2 Å². The molecule has 0 radical (unpaired) electrons. The summed E-state index contributed by atoms with van der Waals surface area (Å²) in [6.45, 7) is 0. The number of nitrogens with two attached hydrogens (primary N) is 1. The molecule has 0 atom stereocenters. The molecule has 0 aliphatic rings. The lowest BCUT2D eigenvalue weighted by Gasteiger charge is -2.11. The van der Waals surface area contributed by atoms with E-state index < -0.39 is 17.6 Å². The van der Waals surface area contributed by atoms with Crippen molar-refractivity contribution in [2.24, 2.45) is 0 Å². The fourth-order valence-corrected chi connectivity index (χ4v) is 1.55. The van der Waals surface area contributed by atoms with Gasteiger partial charge in [-0.3, -0.25) is 0 Å². The van der Waals surface area contributed by atoms with Crippen LogP contribution in [0, 0.1) is 11.3 Å². The predicted molar refractivity (Wildman–Crippen MR) is 57.7 cm³/mol. The van der Waals surface area contributed by atoms with E-state index in [1.54, 1.807) is 0 Å². The maximum absolute atomic E-state index is 12.8. The molecule has 2 rings (SSSR count). The van der Waals surface area contributed by atoms with Gasteiger partial charge < -0.3 is 5.73 Å². The zero-order valence-electron chi connectivity index (χ0n) is 8.94. The number of benzene rings is 1. The smallest absolute Gasteiger partial charge is 0.396 e. The van der Waals surface area contributed by atoms with Crippen molar-refractivity contribution in [3.8, 4) is 11.8 Å². The van der Waals surface area contributed by atoms with Gasteiger partial charge in [0.2, 0.25) is 0 Å². The van der Waals surface area contributed by atoms with Crippen molar-refractivity contribution in [3.63, 3.8) is 0 Å². The van der Waals surface area contributed by atoms with E-state index >= 15 is 0 Å². The monoisotopic (exact) mass is 252 g/mol. The highest BCUT2D eigenvalue weighted by atomic mass is 19.4. The summed E-state index contributed by atoms with van der Waals surface area (Å²) in [5.74, 6) is 0. The third-order valence-electron chi connectivity index (χ3n) is 2.29. The summed E-state index contributed by atoms with van der Waals surface area (Å²) < 4.78 is 39.1. The van der Waals surface area contributed by atoms with Crippen LogP contribution >= 0.6 is 0 Å². The average Bonchev–Trinajstić information content (AvgIpc) is 2.71. The van der Waals surface area contributed by atoms with Crippen LogP contribution < -0.4 is 5.73 Å². The molecule has 0 unspecified atom stereocenters. The number of hydrogen-bond donors (Lipinski definition) is 1. The first kappa shape index (κ1) is 12.0. The van der Waals surface area contributed by atoms with Gasteiger partial charge in [-0.05, 0) is 18.2 Å². The lowest BCUT2D eigenvalue weighted by molar-refractivity contribution is -0.142. The molecule has 1 heterocycles. The summed E-state index contributed by atoms with van der Waals surface area (Å²) in [7, 11) is 0. The second-order valence-corrected chi connectivity index (χ2v) is 3.52. The molecule has 1 aromatic carbocycles. The van der Waals surface area contributed by atoms with Crippen LogP contribution in [0.2, 0.25) is 0 Å². The van der Waals surface area contributed by atoms with Gasteiger partial charge in [0.25, 0.3) is 0 Å². The highest BCUT2D eigenvalue weighted by Crippen LogP contribution is 2.34. The number of alkyl halides is 3. The maximum Gasteiger partial charge on any atom is 0.435 e. The summed E-state index contributed by atoms with van der Waals surface area (Å²) in [6, 6.07) is 7.54. The standard InChI is InChI=1S/C11H7F3N4/c12-11(13,14)10-9(16)6-17-18(10)8-3-1-2-7(4-8)5-15/h1-4,6H,16H2. The third kappa shape index (κ3) is 2.00. The summed E-state index contributed by atoms with van der Waals surface area (Å²) >= 11 is 0. The molecule has 0 saturated carbocycles. The van der Waals surface area contributed by atoms with Crippen molar-refractivity contribution in [2.45, 2.75) is 6.18 Å². The van der Waals surface area contributed by atoms with E-state index in [1.165, 1.54) is 24.3 Å². The van der Waals surface area contributed by atoms with Gasteiger partial charge in [0, 0.05) is 0 Å². The summed E-state index contributed by atoms with van der Waals surface area (Å²) in [5.41, 5.74) is 4.15. The van der Waals surface area contributed by atoms with E-state index in [2.05, 4.69) is 5.10 Å². The van der Waals surface area contributed by atoms with Crippen molar-refractivity contribution in [1.82, 2.24) is 9.78 Å². The number of anilines is 1.